The van der Waals surface area contributed by atoms with Crippen LogP contribution in [0.3, 0.4) is 0 Å². The fourth-order valence-electron chi connectivity index (χ4n) is 3.45. The van der Waals surface area contributed by atoms with E-state index in [0.29, 0.717) is 0 Å². The third-order valence-corrected chi connectivity index (χ3v) is 4.79. The number of hydrogen-bond acceptors (Lipinski definition) is 4. The molecule has 0 atom stereocenters. The lowest BCUT2D eigenvalue weighted by atomic mass is 9.84. The van der Waals surface area contributed by atoms with Crippen LogP contribution in [0.25, 0.3) is 0 Å². The van der Waals surface area contributed by atoms with Gasteiger partial charge in [-0.2, -0.15) is 0 Å². The molecule has 1 aliphatic carbocycles. The second-order valence-electron chi connectivity index (χ2n) is 6.42. The number of aliphatic hydroxyl groups excluding tert-OH is 1. The molecule has 2 aliphatic rings. The normalized spacial score (nSPS) is 25.6. The van der Waals surface area contributed by atoms with Gasteiger partial charge in [-0.25, -0.2) is 0 Å². The molecule has 1 heterocycles. The van der Waals surface area contributed by atoms with Gasteiger partial charge in [0.25, 0.3) is 0 Å². The number of nitrogens with zero attached hydrogens (tertiary/aromatic N) is 1. The number of β-amino-alcohol motifs (C(OH)–C–C–N with tert-alkyl or cyclic N) is 1. The van der Waals surface area contributed by atoms with Crippen LogP contribution in [0.2, 0.25) is 0 Å². The molecule has 0 amide bonds. The summed E-state index contributed by atoms with van der Waals surface area (Å²) in [7, 11) is 0. The molecule has 112 valence electrons. The fourth-order valence-corrected chi connectivity index (χ4v) is 3.45. The zero-order valence-electron chi connectivity index (χ0n) is 12.1. The van der Waals surface area contributed by atoms with Crippen molar-refractivity contribution in [3.63, 3.8) is 0 Å². The number of nitrogens with one attached hydrogen (secondary N) is 1. The summed E-state index contributed by atoms with van der Waals surface area (Å²) in [4.78, 5) is 2.34. The zero-order valence-corrected chi connectivity index (χ0v) is 12.1. The summed E-state index contributed by atoms with van der Waals surface area (Å²) in [6.45, 7) is 5.11. The average molecular weight is 270 g/mol. The number of piperidine rings is 1. The van der Waals surface area contributed by atoms with Gasteiger partial charge in [0, 0.05) is 13.1 Å². The van der Waals surface area contributed by atoms with Crippen LogP contribution in [-0.2, 0) is 0 Å². The predicted octanol–water partition coefficient (Wildman–Crippen LogP) is 0.975. The predicted molar refractivity (Wildman–Crippen MR) is 77.2 cm³/mol. The minimum Gasteiger partial charge on any atom is -0.395 e. The van der Waals surface area contributed by atoms with E-state index in [1.54, 1.807) is 0 Å². The van der Waals surface area contributed by atoms with Crippen molar-refractivity contribution < 1.29 is 10.2 Å². The summed E-state index contributed by atoms with van der Waals surface area (Å²) in [6.07, 6.45) is 8.00. The third-order valence-electron chi connectivity index (χ3n) is 4.79. The minimum atomic E-state index is -0.435. The van der Waals surface area contributed by atoms with Crippen LogP contribution < -0.4 is 5.32 Å². The van der Waals surface area contributed by atoms with Gasteiger partial charge in [-0.15, -0.1) is 0 Å². The van der Waals surface area contributed by atoms with Crippen molar-refractivity contribution >= 4 is 0 Å². The summed E-state index contributed by atoms with van der Waals surface area (Å²) < 4.78 is 0. The molecule has 3 N–H and O–H groups in total. The molecule has 4 nitrogen and oxygen atoms in total. The van der Waals surface area contributed by atoms with Crippen molar-refractivity contribution in [3.8, 4) is 0 Å². The van der Waals surface area contributed by atoms with E-state index in [9.17, 15) is 5.11 Å². The SMILES string of the molecule is OCCN1CCC(CNCC2(O)CCCCC2)CC1. The van der Waals surface area contributed by atoms with Crippen molar-refractivity contribution in [1.82, 2.24) is 10.2 Å². The Balaban J connectivity index is 1.59. The quantitative estimate of drug-likeness (QED) is 0.673. The summed E-state index contributed by atoms with van der Waals surface area (Å²) in [5, 5.41) is 22.8. The molecule has 0 aromatic rings. The van der Waals surface area contributed by atoms with Crippen LogP contribution in [-0.4, -0.2) is 60.0 Å². The topological polar surface area (TPSA) is 55.7 Å². The number of aliphatic hydroxyl groups is 2. The molecule has 1 saturated carbocycles. The standard InChI is InChI=1S/C15H30N2O2/c18-11-10-17-8-4-14(5-9-17)12-16-13-15(19)6-2-1-3-7-15/h14,16,18-19H,1-13H2. The first-order chi connectivity index (χ1) is 9.22. The molecule has 19 heavy (non-hydrogen) atoms. The van der Waals surface area contributed by atoms with Gasteiger partial charge in [0.15, 0.2) is 0 Å². The van der Waals surface area contributed by atoms with Crippen LogP contribution in [0.5, 0.6) is 0 Å². The largest absolute Gasteiger partial charge is 0.395 e. The van der Waals surface area contributed by atoms with E-state index in [-0.39, 0.29) is 6.61 Å². The highest BCUT2D eigenvalue weighted by Gasteiger charge is 2.29. The van der Waals surface area contributed by atoms with Crippen LogP contribution in [0, 0.1) is 5.92 Å². The Morgan fingerprint density at radius 3 is 2.42 bits per heavy atom. The monoisotopic (exact) mass is 270 g/mol. The Hall–Kier alpha value is -0.160. The van der Waals surface area contributed by atoms with Gasteiger partial charge in [0.1, 0.15) is 0 Å². The number of rotatable bonds is 6. The van der Waals surface area contributed by atoms with Gasteiger partial charge in [0.2, 0.25) is 0 Å². The summed E-state index contributed by atoms with van der Waals surface area (Å²) in [6, 6.07) is 0. The molecule has 0 spiro atoms. The van der Waals surface area contributed by atoms with Gasteiger partial charge in [0.05, 0.1) is 12.2 Å². The van der Waals surface area contributed by atoms with Crippen LogP contribution in [0.15, 0.2) is 0 Å². The Bertz CT molecular complexity index is 247. The fraction of sp³-hybridized carbons (Fsp3) is 1.00. The summed E-state index contributed by atoms with van der Waals surface area (Å²) in [5.41, 5.74) is -0.435. The third kappa shape index (κ3) is 5.03. The molecular weight excluding hydrogens is 240 g/mol. The lowest BCUT2D eigenvalue weighted by Crippen LogP contribution is -2.45. The van der Waals surface area contributed by atoms with E-state index in [1.807, 2.05) is 0 Å². The van der Waals surface area contributed by atoms with E-state index in [2.05, 4.69) is 10.2 Å². The highest BCUT2D eigenvalue weighted by molar-refractivity contribution is 4.85. The highest BCUT2D eigenvalue weighted by Crippen LogP contribution is 2.27. The minimum absolute atomic E-state index is 0.274. The second-order valence-corrected chi connectivity index (χ2v) is 6.42. The van der Waals surface area contributed by atoms with Gasteiger partial charge in [-0.3, -0.25) is 0 Å². The molecule has 0 aromatic heterocycles. The molecule has 4 heteroatoms. The molecule has 1 aliphatic heterocycles. The Morgan fingerprint density at radius 1 is 1.11 bits per heavy atom. The molecule has 0 aromatic carbocycles. The maximum Gasteiger partial charge on any atom is 0.0771 e. The summed E-state index contributed by atoms with van der Waals surface area (Å²) >= 11 is 0. The van der Waals surface area contributed by atoms with Gasteiger partial charge < -0.3 is 20.4 Å². The van der Waals surface area contributed by atoms with Crippen molar-refractivity contribution in [3.05, 3.63) is 0 Å². The zero-order chi connectivity index (χ0) is 13.6. The smallest absolute Gasteiger partial charge is 0.0771 e. The van der Waals surface area contributed by atoms with Crippen LogP contribution in [0.4, 0.5) is 0 Å². The lowest BCUT2D eigenvalue weighted by Gasteiger charge is -2.34. The maximum atomic E-state index is 10.4. The number of hydrogen-bond donors (Lipinski definition) is 3. The molecule has 2 rings (SSSR count). The first kappa shape index (κ1) is 15.2. The van der Waals surface area contributed by atoms with Crippen molar-refractivity contribution in [1.29, 1.82) is 0 Å². The lowest BCUT2D eigenvalue weighted by molar-refractivity contribution is 0.00367. The van der Waals surface area contributed by atoms with Crippen molar-refractivity contribution in [2.75, 3.05) is 39.3 Å². The van der Waals surface area contributed by atoms with Crippen molar-refractivity contribution in [2.24, 2.45) is 5.92 Å². The van der Waals surface area contributed by atoms with E-state index in [0.717, 1.165) is 51.5 Å². The van der Waals surface area contributed by atoms with Crippen LogP contribution >= 0.6 is 0 Å². The Kier molecular flexibility index (Phi) is 6.07. The molecule has 2 fully saturated rings. The molecule has 0 unspecified atom stereocenters. The van der Waals surface area contributed by atoms with E-state index < -0.39 is 5.60 Å². The molecule has 0 radical (unpaired) electrons. The second kappa shape index (κ2) is 7.58. The average Bonchev–Trinajstić information content (AvgIpc) is 2.42. The maximum absolute atomic E-state index is 10.4. The number of likely N-dealkylation sites (tertiary alicyclic amines) is 1. The highest BCUT2D eigenvalue weighted by atomic mass is 16.3. The first-order valence-electron chi connectivity index (χ1n) is 7.98. The van der Waals surface area contributed by atoms with Gasteiger partial charge >= 0.3 is 0 Å². The summed E-state index contributed by atoms with van der Waals surface area (Å²) in [5.74, 6) is 0.738. The molecular formula is C15H30N2O2. The molecule has 0 bridgehead atoms. The van der Waals surface area contributed by atoms with Gasteiger partial charge in [-0.1, -0.05) is 19.3 Å². The van der Waals surface area contributed by atoms with E-state index in [4.69, 9.17) is 5.11 Å². The van der Waals surface area contributed by atoms with E-state index in [1.165, 1.54) is 32.1 Å². The van der Waals surface area contributed by atoms with E-state index >= 15 is 0 Å². The Morgan fingerprint density at radius 2 is 1.79 bits per heavy atom. The Labute approximate surface area is 117 Å². The van der Waals surface area contributed by atoms with Gasteiger partial charge in [-0.05, 0) is 51.2 Å². The van der Waals surface area contributed by atoms with Crippen molar-refractivity contribution in [2.45, 2.75) is 50.5 Å². The molecule has 1 saturated heterocycles. The first-order valence-corrected chi connectivity index (χ1v) is 7.98. The van der Waals surface area contributed by atoms with Crippen LogP contribution in [0.1, 0.15) is 44.9 Å².